The van der Waals surface area contributed by atoms with Gasteiger partial charge in [-0.05, 0) is 44.0 Å². The zero-order valence-electron chi connectivity index (χ0n) is 10.7. The minimum absolute atomic E-state index is 0.164. The maximum absolute atomic E-state index is 12.1. The molecule has 0 spiro atoms. The highest BCUT2D eigenvalue weighted by molar-refractivity contribution is 9.10. The van der Waals surface area contributed by atoms with Gasteiger partial charge in [0, 0.05) is 10.0 Å². The van der Waals surface area contributed by atoms with Crippen LogP contribution in [0.4, 0.5) is 0 Å². The van der Waals surface area contributed by atoms with Crippen LogP contribution in [0.5, 0.6) is 0 Å². The molecule has 0 aliphatic heterocycles. The normalized spacial score (nSPS) is 13.8. The average molecular weight is 329 g/mol. The Morgan fingerprint density at radius 2 is 2.17 bits per heavy atom. The summed E-state index contributed by atoms with van der Waals surface area (Å²) in [6.45, 7) is 5.71. The number of benzene rings is 1. The predicted molar refractivity (Wildman–Crippen MR) is 81.8 cm³/mol. The van der Waals surface area contributed by atoms with Gasteiger partial charge in [0.1, 0.15) is 0 Å². The Morgan fingerprint density at radius 1 is 1.56 bits per heavy atom. The van der Waals surface area contributed by atoms with Gasteiger partial charge in [0.25, 0.3) is 5.91 Å². The SMILES string of the molecule is CCC(C)(NC(=O)c1ccc(Br)c(C)c1)C(N)=S. The van der Waals surface area contributed by atoms with Crippen LogP contribution in [0.2, 0.25) is 0 Å². The van der Waals surface area contributed by atoms with Crippen molar-refractivity contribution >= 4 is 39.0 Å². The summed E-state index contributed by atoms with van der Waals surface area (Å²) >= 11 is 8.40. The standard InChI is InChI=1S/C13H17BrN2OS/c1-4-13(3,12(15)18)16-11(17)9-5-6-10(14)8(2)7-9/h5-7H,4H2,1-3H3,(H2,15,18)(H,16,17). The number of amides is 1. The van der Waals surface area contributed by atoms with Crippen LogP contribution in [0.3, 0.4) is 0 Å². The number of nitrogens with two attached hydrogens (primary N) is 1. The van der Waals surface area contributed by atoms with Crippen LogP contribution >= 0.6 is 28.1 Å². The smallest absolute Gasteiger partial charge is 0.252 e. The van der Waals surface area contributed by atoms with Gasteiger partial charge in [0.15, 0.2) is 0 Å². The summed E-state index contributed by atoms with van der Waals surface area (Å²) in [5.74, 6) is -0.164. The highest BCUT2D eigenvalue weighted by atomic mass is 79.9. The monoisotopic (exact) mass is 328 g/mol. The average Bonchev–Trinajstić information content (AvgIpc) is 2.32. The van der Waals surface area contributed by atoms with Crippen molar-refractivity contribution in [1.29, 1.82) is 0 Å². The lowest BCUT2D eigenvalue weighted by Crippen LogP contribution is -2.54. The number of nitrogens with one attached hydrogen (secondary N) is 1. The number of aryl methyl sites for hydroxylation is 1. The quantitative estimate of drug-likeness (QED) is 0.835. The van der Waals surface area contributed by atoms with E-state index in [4.69, 9.17) is 18.0 Å². The first kappa shape index (κ1) is 15.1. The van der Waals surface area contributed by atoms with Gasteiger partial charge in [-0.3, -0.25) is 4.79 Å². The van der Waals surface area contributed by atoms with E-state index in [2.05, 4.69) is 21.2 Å². The van der Waals surface area contributed by atoms with Gasteiger partial charge in [0.2, 0.25) is 0 Å². The van der Waals surface area contributed by atoms with E-state index in [1.54, 1.807) is 6.07 Å². The van der Waals surface area contributed by atoms with E-state index in [1.165, 1.54) is 0 Å². The van der Waals surface area contributed by atoms with Gasteiger partial charge < -0.3 is 11.1 Å². The Morgan fingerprint density at radius 3 is 2.61 bits per heavy atom. The first-order chi connectivity index (χ1) is 8.30. The van der Waals surface area contributed by atoms with Crippen LogP contribution < -0.4 is 11.1 Å². The second kappa shape index (κ2) is 5.80. The molecular formula is C13H17BrN2OS. The fourth-order valence-electron chi connectivity index (χ4n) is 1.43. The number of thiocarbonyl (C=S) groups is 1. The number of carbonyl (C=O) groups excluding carboxylic acids is 1. The summed E-state index contributed by atoms with van der Waals surface area (Å²) in [4.78, 5) is 12.4. The molecule has 98 valence electrons. The number of hydrogen-bond acceptors (Lipinski definition) is 2. The molecule has 1 aromatic rings. The second-order valence-corrected chi connectivity index (χ2v) is 5.76. The first-order valence-corrected chi connectivity index (χ1v) is 6.89. The Kier molecular flexibility index (Phi) is 4.87. The molecule has 1 unspecified atom stereocenters. The van der Waals surface area contributed by atoms with Gasteiger partial charge in [-0.25, -0.2) is 0 Å². The summed E-state index contributed by atoms with van der Waals surface area (Å²) in [5.41, 5.74) is 6.64. The lowest BCUT2D eigenvalue weighted by molar-refractivity contribution is 0.0926. The first-order valence-electron chi connectivity index (χ1n) is 5.68. The lowest BCUT2D eigenvalue weighted by atomic mass is 9.98. The van der Waals surface area contributed by atoms with Crippen molar-refractivity contribution in [2.45, 2.75) is 32.7 Å². The molecule has 1 rings (SSSR count). The van der Waals surface area contributed by atoms with Gasteiger partial charge >= 0.3 is 0 Å². The molecule has 18 heavy (non-hydrogen) atoms. The van der Waals surface area contributed by atoms with Crippen LogP contribution in [-0.4, -0.2) is 16.4 Å². The van der Waals surface area contributed by atoms with Gasteiger partial charge in [-0.2, -0.15) is 0 Å². The van der Waals surface area contributed by atoms with Crippen LogP contribution in [0.1, 0.15) is 36.2 Å². The third-order valence-electron chi connectivity index (χ3n) is 3.06. The van der Waals surface area contributed by atoms with Crippen molar-refractivity contribution in [3.05, 3.63) is 33.8 Å². The predicted octanol–water partition coefficient (Wildman–Crippen LogP) is 2.94. The van der Waals surface area contributed by atoms with Crippen molar-refractivity contribution in [1.82, 2.24) is 5.32 Å². The molecule has 0 aliphatic rings. The van der Waals surface area contributed by atoms with Gasteiger partial charge in [-0.1, -0.05) is 35.1 Å². The van der Waals surface area contributed by atoms with Crippen LogP contribution in [0.15, 0.2) is 22.7 Å². The molecule has 3 N–H and O–H groups in total. The van der Waals surface area contributed by atoms with E-state index in [9.17, 15) is 4.79 Å². The zero-order chi connectivity index (χ0) is 13.9. The lowest BCUT2D eigenvalue weighted by Gasteiger charge is -2.28. The van der Waals surface area contributed by atoms with Crippen LogP contribution in [0.25, 0.3) is 0 Å². The number of rotatable bonds is 4. The van der Waals surface area contributed by atoms with E-state index in [1.807, 2.05) is 32.9 Å². The van der Waals surface area contributed by atoms with Gasteiger partial charge in [-0.15, -0.1) is 0 Å². The largest absolute Gasteiger partial charge is 0.391 e. The van der Waals surface area contributed by atoms with E-state index in [0.29, 0.717) is 17.0 Å². The highest BCUT2D eigenvalue weighted by Crippen LogP contribution is 2.18. The topological polar surface area (TPSA) is 55.1 Å². The summed E-state index contributed by atoms with van der Waals surface area (Å²) < 4.78 is 0.978. The van der Waals surface area contributed by atoms with E-state index in [-0.39, 0.29) is 5.91 Å². The molecule has 0 radical (unpaired) electrons. The van der Waals surface area contributed by atoms with Crippen molar-refractivity contribution < 1.29 is 4.79 Å². The minimum atomic E-state index is -0.645. The molecule has 0 saturated heterocycles. The highest BCUT2D eigenvalue weighted by Gasteiger charge is 2.27. The van der Waals surface area contributed by atoms with E-state index < -0.39 is 5.54 Å². The summed E-state index contributed by atoms with van der Waals surface area (Å²) in [7, 11) is 0. The maximum atomic E-state index is 12.1. The molecule has 1 amide bonds. The number of halogens is 1. The van der Waals surface area contributed by atoms with E-state index >= 15 is 0 Å². The molecule has 0 heterocycles. The van der Waals surface area contributed by atoms with Crippen molar-refractivity contribution in [3.63, 3.8) is 0 Å². The summed E-state index contributed by atoms with van der Waals surface area (Å²) in [6.07, 6.45) is 0.656. The summed E-state index contributed by atoms with van der Waals surface area (Å²) in [6, 6.07) is 5.45. The Labute approximate surface area is 121 Å². The molecule has 0 aliphatic carbocycles. The maximum Gasteiger partial charge on any atom is 0.252 e. The van der Waals surface area contributed by atoms with Crippen molar-refractivity contribution in [3.8, 4) is 0 Å². The molecule has 0 fully saturated rings. The van der Waals surface area contributed by atoms with Crippen LogP contribution in [0, 0.1) is 6.92 Å². The third-order valence-corrected chi connectivity index (χ3v) is 4.40. The Hall–Kier alpha value is -0.940. The van der Waals surface area contributed by atoms with Crippen LogP contribution in [-0.2, 0) is 0 Å². The number of carbonyl (C=O) groups is 1. The molecular weight excluding hydrogens is 312 g/mol. The molecule has 3 nitrogen and oxygen atoms in total. The third kappa shape index (κ3) is 3.29. The Bertz CT molecular complexity index is 490. The zero-order valence-corrected chi connectivity index (χ0v) is 13.1. The van der Waals surface area contributed by atoms with Crippen molar-refractivity contribution in [2.75, 3.05) is 0 Å². The van der Waals surface area contributed by atoms with Crippen molar-refractivity contribution in [2.24, 2.45) is 5.73 Å². The molecule has 1 atom stereocenters. The molecule has 5 heteroatoms. The second-order valence-electron chi connectivity index (χ2n) is 4.47. The molecule has 0 bridgehead atoms. The molecule has 1 aromatic carbocycles. The Balaban J connectivity index is 2.95. The van der Waals surface area contributed by atoms with E-state index in [0.717, 1.165) is 10.0 Å². The number of hydrogen-bond donors (Lipinski definition) is 2. The summed E-state index contributed by atoms with van der Waals surface area (Å²) in [5, 5.41) is 2.89. The fourth-order valence-corrected chi connectivity index (χ4v) is 1.87. The minimum Gasteiger partial charge on any atom is -0.391 e. The molecule has 0 aromatic heterocycles. The van der Waals surface area contributed by atoms with Gasteiger partial charge in [0.05, 0.1) is 10.5 Å². The fraction of sp³-hybridized carbons (Fsp3) is 0.385. The molecule has 0 saturated carbocycles.